The van der Waals surface area contributed by atoms with Crippen molar-refractivity contribution in [2.24, 2.45) is 0 Å². The summed E-state index contributed by atoms with van der Waals surface area (Å²) >= 11 is 0. The zero-order valence-electron chi connectivity index (χ0n) is 10.3. The molecule has 1 unspecified atom stereocenters. The number of β-amino-alcohol motifs (C(OH)–C–C–N with tert-alkyl or cyclic N) is 1. The summed E-state index contributed by atoms with van der Waals surface area (Å²) in [7, 11) is 1.57. The van der Waals surface area contributed by atoms with Crippen molar-refractivity contribution in [3.63, 3.8) is 0 Å². The third-order valence-corrected chi connectivity index (χ3v) is 2.87. The number of aliphatic hydroxyl groups excluding tert-OH is 1. The Balaban J connectivity index is 2.29. The summed E-state index contributed by atoms with van der Waals surface area (Å²) in [6.07, 6.45) is 0.471. The van der Waals surface area contributed by atoms with Gasteiger partial charge in [0.25, 0.3) is 0 Å². The Hall–Kier alpha value is -0.690. The van der Waals surface area contributed by atoms with Crippen LogP contribution in [0.5, 0.6) is 0 Å². The van der Waals surface area contributed by atoms with E-state index in [1.165, 1.54) is 0 Å². The number of ether oxygens (including phenoxy) is 1. The van der Waals surface area contributed by atoms with Crippen molar-refractivity contribution >= 4 is 5.97 Å². The minimum atomic E-state index is -0.780. The van der Waals surface area contributed by atoms with Gasteiger partial charge < -0.3 is 14.9 Å². The molecule has 0 saturated carbocycles. The summed E-state index contributed by atoms with van der Waals surface area (Å²) in [5.41, 5.74) is 0. The van der Waals surface area contributed by atoms with E-state index in [0.29, 0.717) is 13.2 Å². The molecule has 17 heavy (non-hydrogen) atoms. The maximum absolute atomic E-state index is 10.6. The molecule has 0 aliphatic carbocycles. The van der Waals surface area contributed by atoms with Gasteiger partial charge in [0.15, 0.2) is 0 Å². The number of rotatable bonds is 6. The Labute approximate surface area is 102 Å². The lowest BCUT2D eigenvalue weighted by atomic mass is 10.3. The molecule has 1 rings (SSSR count). The van der Waals surface area contributed by atoms with E-state index in [0.717, 1.165) is 32.6 Å². The Kier molecular flexibility index (Phi) is 6.43. The van der Waals surface area contributed by atoms with Crippen LogP contribution in [0.3, 0.4) is 0 Å². The number of aliphatic carboxylic acids is 1. The standard InChI is InChI=1S/C11H22N2O4/c1-17-9-10(14)7-12-3-2-4-13(6-5-12)8-11(15)16/h10,14H,2-9H2,1H3,(H,15,16). The molecule has 6 nitrogen and oxygen atoms in total. The third-order valence-electron chi connectivity index (χ3n) is 2.87. The summed E-state index contributed by atoms with van der Waals surface area (Å²) in [6.45, 7) is 4.29. The molecule has 2 N–H and O–H groups in total. The zero-order valence-corrected chi connectivity index (χ0v) is 10.3. The number of hydrogen-bond donors (Lipinski definition) is 2. The van der Waals surface area contributed by atoms with Crippen LogP contribution in [0, 0.1) is 0 Å². The molecule has 0 aromatic carbocycles. The van der Waals surface area contributed by atoms with Gasteiger partial charge in [0.2, 0.25) is 0 Å². The average molecular weight is 246 g/mol. The first kappa shape index (κ1) is 14.4. The molecule has 1 aliphatic heterocycles. The Bertz CT molecular complexity index is 238. The molecule has 0 aromatic heterocycles. The van der Waals surface area contributed by atoms with Crippen molar-refractivity contribution in [2.75, 3.05) is 53.0 Å². The van der Waals surface area contributed by atoms with Gasteiger partial charge in [0.05, 0.1) is 19.3 Å². The van der Waals surface area contributed by atoms with E-state index < -0.39 is 12.1 Å². The van der Waals surface area contributed by atoms with Crippen LogP contribution < -0.4 is 0 Å². The van der Waals surface area contributed by atoms with E-state index in [1.54, 1.807) is 7.11 Å². The number of aliphatic hydroxyl groups is 1. The van der Waals surface area contributed by atoms with Gasteiger partial charge in [-0.05, 0) is 13.0 Å². The van der Waals surface area contributed by atoms with Crippen LogP contribution in [-0.4, -0.2) is 85.1 Å². The molecule has 0 bridgehead atoms. The molecule has 6 heteroatoms. The Morgan fingerprint density at radius 2 is 1.94 bits per heavy atom. The number of carboxylic acids is 1. The minimum Gasteiger partial charge on any atom is -0.480 e. The minimum absolute atomic E-state index is 0.106. The van der Waals surface area contributed by atoms with Gasteiger partial charge >= 0.3 is 5.97 Å². The highest BCUT2D eigenvalue weighted by atomic mass is 16.5. The summed E-state index contributed by atoms with van der Waals surface area (Å²) in [5, 5.41) is 18.4. The molecule has 0 aromatic rings. The second-order valence-corrected chi connectivity index (χ2v) is 4.43. The SMILES string of the molecule is COCC(O)CN1CCCN(CC(=O)O)CC1. The molecule has 0 amide bonds. The zero-order chi connectivity index (χ0) is 12.7. The molecular formula is C11H22N2O4. The van der Waals surface area contributed by atoms with Crippen molar-refractivity contribution < 1.29 is 19.7 Å². The van der Waals surface area contributed by atoms with Crippen LogP contribution in [-0.2, 0) is 9.53 Å². The number of nitrogens with zero attached hydrogens (tertiary/aromatic N) is 2. The summed E-state index contributed by atoms with van der Waals surface area (Å²) in [6, 6.07) is 0. The van der Waals surface area contributed by atoms with Gasteiger partial charge in [-0.2, -0.15) is 0 Å². The predicted molar refractivity (Wildman–Crippen MR) is 63.0 cm³/mol. The molecular weight excluding hydrogens is 224 g/mol. The molecule has 0 radical (unpaired) electrons. The van der Waals surface area contributed by atoms with Crippen molar-refractivity contribution in [3.05, 3.63) is 0 Å². The van der Waals surface area contributed by atoms with Crippen LogP contribution in [0.25, 0.3) is 0 Å². The molecule has 1 atom stereocenters. The fourth-order valence-corrected chi connectivity index (χ4v) is 2.10. The maximum Gasteiger partial charge on any atom is 0.317 e. The first-order valence-corrected chi connectivity index (χ1v) is 5.95. The molecule has 1 aliphatic rings. The quantitative estimate of drug-likeness (QED) is 0.632. The normalized spacial score (nSPS) is 21.1. The van der Waals surface area contributed by atoms with E-state index in [9.17, 15) is 9.90 Å². The van der Waals surface area contributed by atoms with Crippen molar-refractivity contribution in [3.8, 4) is 0 Å². The lowest BCUT2D eigenvalue weighted by Crippen LogP contribution is -2.38. The van der Waals surface area contributed by atoms with E-state index in [2.05, 4.69) is 4.90 Å². The van der Waals surface area contributed by atoms with E-state index in [-0.39, 0.29) is 6.54 Å². The summed E-state index contributed by atoms with van der Waals surface area (Å²) in [5.74, 6) is -0.780. The van der Waals surface area contributed by atoms with E-state index >= 15 is 0 Å². The number of hydrogen-bond acceptors (Lipinski definition) is 5. The first-order valence-electron chi connectivity index (χ1n) is 5.95. The molecule has 1 saturated heterocycles. The second kappa shape index (κ2) is 7.60. The monoisotopic (exact) mass is 246 g/mol. The van der Waals surface area contributed by atoms with Gasteiger partial charge in [-0.3, -0.25) is 14.6 Å². The van der Waals surface area contributed by atoms with Crippen LogP contribution >= 0.6 is 0 Å². The maximum atomic E-state index is 10.6. The molecule has 0 spiro atoms. The highest BCUT2D eigenvalue weighted by Gasteiger charge is 2.18. The van der Waals surface area contributed by atoms with Gasteiger partial charge in [-0.1, -0.05) is 0 Å². The number of carbonyl (C=O) groups is 1. The fraction of sp³-hybridized carbons (Fsp3) is 0.909. The highest BCUT2D eigenvalue weighted by molar-refractivity contribution is 5.69. The van der Waals surface area contributed by atoms with Crippen LogP contribution in [0.2, 0.25) is 0 Å². The average Bonchev–Trinajstić information content (AvgIpc) is 2.44. The Morgan fingerprint density at radius 1 is 1.29 bits per heavy atom. The van der Waals surface area contributed by atoms with Crippen molar-refractivity contribution in [1.82, 2.24) is 9.80 Å². The topological polar surface area (TPSA) is 73.2 Å². The van der Waals surface area contributed by atoms with E-state index in [1.807, 2.05) is 4.90 Å². The van der Waals surface area contributed by atoms with Gasteiger partial charge in [0, 0.05) is 33.3 Å². The van der Waals surface area contributed by atoms with Crippen LogP contribution in [0.1, 0.15) is 6.42 Å². The van der Waals surface area contributed by atoms with Crippen molar-refractivity contribution in [2.45, 2.75) is 12.5 Å². The lowest BCUT2D eigenvalue weighted by molar-refractivity contribution is -0.138. The largest absolute Gasteiger partial charge is 0.480 e. The molecule has 1 heterocycles. The Morgan fingerprint density at radius 3 is 2.59 bits per heavy atom. The van der Waals surface area contributed by atoms with Crippen LogP contribution in [0.4, 0.5) is 0 Å². The lowest BCUT2D eigenvalue weighted by Gasteiger charge is -2.23. The third kappa shape index (κ3) is 5.97. The van der Waals surface area contributed by atoms with Gasteiger partial charge in [-0.25, -0.2) is 0 Å². The fourth-order valence-electron chi connectivity index (χ4n) is 2.10. The number of methoxy groups -OCH3 is 1. The number of carboxylic acid groups (broad SMARTS) is 1. The smallest absolute Gasteiger partial charge is 0.317 e. The van der Waals surface area contributed by atoms with Crippen molar-refractivity contribution in [1.29, 1.82) is 0 Å². The van der Waals surface area contributed by atoms with Crippen LogP contribution in [0.15, 0.2) is 0 Å². The van der Waals surface area contributed by atoms with E-state index in [4.69, 9.17) is 9.84 Å². The van der Waals surface area contributed by atoms with Gasteiger partial charge in [-0.15, -0.1) is 0 Å². The highest BCUT2D eigenvalue weighted by Crippen LogP contribution is 2.04. The second-order valence-electron chi connectivity index (χ2n) is 4.43. The predicted octanol–water partition coefficient (Wildman–Crippen LogP) is -0.914. The first-order chi connectivity index (χ1) is 8.11. The molecule has 100 valence electrons. The summed E-state index contributed by atoms with van der Waals surface area (Å²) < 4.78 is 4.89. The summed E-state index contributed by atoms with van der Waals surface area (Å²) in [4.78, 5) is 14.7. The van der Waals surface area contributed by atoms with Gasteiger partial charge in [0.1, 0.15) is 0 Å². The molecule has 1 fully saturated rings.